The maximum atomic E-state index is 9.51. The summed E-state index contributed by atoms with van der Waals surface area (Å²) in [5, 5.41) is 27.4. The SMILES string of the molecule is N[C@@H]1COC(COCCO)[C@@H](O)C1O. The third kappa shape index (κ3) is 2.88. The molecule has 6 nitrogen and oxygen atoms in total. The fourth-order valence-electron chi connectivity index (χ4n) is 1.32. The first-order valence-corrected chi connectivity index (χ1v) is 4.58. The molecule has 6 heteroatoms. The monoisotopic (exact) mass is 207 g/mol. The zero-order valence-electron chi connectivity index (χ0n) is 7.87. The first kappa shape index (κ1) is 11.8. The molecule has 0 aromatic rings. The normalized spacial score (nSPS) is 38.6. The van der Waals surface area contributed by atoms with Gasteiger partial charge in [-0.3, -0.25) is 0 Å². The number of nitrogens with two attached hydrogens (primary N) is 1. The van der Waals surface area contributed by atoms with Crippen LogP contribution in [0.5, 0.6) is 0 Å². The van der Waals surface area contributed by atoms with E-state index in [-0.39, 0.29) is 26.4 Å². The van der Waals surface area contributed by atoms with Crippen molar-refractivity contribution in [2.75, 3.05) is 26.4 Å². The van der Waals surface area contributed by atoms with Crippen molar-refractivity contribution in [3.8, 4) is 0 Å². The molecule has 0 radical (unpaired) electrons. The van der Waals surface area contributed by atoms with Crippen LogP contribution >= 0.6 is 0 Å². The minimum absolute atomic E-state index is 0.0785. The van der Waals surface area contributed by atoms with Crippen LogP contribution in [0.15, 0.2) is 0 Å². The molecule has 0 spiro atoms. The minimum atomic E-state index is -1.03. The molecule has 2 unspecified atom stereocenters. The van der Waals surface area contributed by atoms with Crippen molar-refractivity contribution in [1.29, 1.82) is 0 Å². The molecule has 0 aromatic heterocycles. The Balaban J connectivity index is 2.31. The summed E-state index contributed by atoms with van der Waals surface area (Å²) in [6, 6.07) is -0.556. The van der Waals surface area contributed by atoms with Crippen LogP contribution in [0.3, 0.4) is 0 Å². The molecular weight excluding hydrogens is 190 g/mol. The van der Waals surface area contributed by atoms with Gasteiger partial charge >= 0.3 is 0 Å². The molecule has 1 heterocycles. The fourth-order valence-corrected chi connectivity index (χ4v) is 1.32. The second-order valence-corrected chi connectivity index (χ2v) is 3.32. The Bertz CT molecular complexity index is 168. The van der Waals surface area contributed by atoms with Gasteiger partial charge in [-0.25, -0.2) is 0 Å². The molecule has 1 aliphatic rings. The van der Waals surface area contributed by atoms with Crippen LogP contribution in [0.25, 0.3) is 0 Å². The number of hydrogen-bond acceptors (Lipinski definition) is 6. The number of ether oxygens (including phenoxy) is 2. The highest BCUT2D eigenvalue weighted by atomic mass is 16.5. The van der Waals surface area contributed by atoms with Crippen LogP contribution in [0, 0.1) is 0 Å². The summed E-state index contributed by atoms with van der Waals surface area (Å²) in [5.74, 6) is 0. The average Bonchev–Trinajstić information content (AvgIpc) is 2.18. The van der Waals surface area contributed by atoms with E-state index in [1.54, 1.807) is 0 Å². The minimum Gasteiger partial charge on any atom is -0.394 e. The smallest absolute Gasteiger partial charge is 0.110 e. The largest absolute Gasteiger partial charge is 0.394 e. The van der Waals surface area contributed by atoms with Gasteiger partial charge in [0.15, 0.2) is 0 Å². The third-order valence-electron chi connectivity index (χ3n) is 2.19. The molecule has 1 fully saturated rings. The highest BCUT2D eigenvalue weighted by Crippen LogP contribution is 2.14. The summed E-state index contributed by atoms with van der Waals surface area (Å²) >= 11 is 0. The highest BCUT2D eigenvalue weighted by molar-refractivity contribution is 4.88. The lowest BCUT2D eigenvalue weighted by molar-refractivity contribution is -0.163. The van der Waals surface area contributed by atoms with E-state index in [0.29, 0.717) is 0 Å². The Morgan fingerprint density at radius 1 is 1.36 bits per heavy atom. The van der Waals surface area contributed by atoms with Gasteiger partial charge in [-0.1, -0.05) is 0 Å². The molecule has 0 aliphatic carbocycles. The topological polar surface area (TPSA) is 105 Å². The van der Waals surface area contributed by atoms with E-state index in [4.69, 9.17) is 20.3 Å². The predicted octanol–water partition coefficient (Wildman–Crippen LogP) is -2.56. The van der Waals surface area contributed by atoms with E-state index in [1.807, 2.05) is 0 Å². The van der Waals surface area contributed by atoms with E-state index < -0.39 is 24.4 Å². The van der Waals surface area contributed by atoms with Crippen molar-refractivity contribution in [3.63, 3.8) is 0 Å². The van der Waals surface area contributed by atoms with Gasteiger partial charge in [0.25, 0.3) is 0 Å². The van der Waals surface area contributed by atoms with Crippen molar-refractivity contribution in [1.82, 2.24) is 0 Å². The highest BCUT2D eigenvalue weighted by Gasteiger charge is 2.36. The number of hydrogen-bond donors (Lipinski definition) is 4. The first-order valence-electron chi connectivity index (χ1n) is 4.58. The molecule has 0 bridgehead atoms. The molecule has 4 atom stereocenters. The van der Waals surface area contributed by atoms with Crippen LogP contribution in [0.2, 0.25) is 0 Å². The van der Waals surface area contributed by atoms with Crippen molar-refractivity contribution < 1.29 is 24.8 Å². The van der Waals surface area contributed by atoms with Gasteiger partial charge in [0.2, 0.25) is 0 Å². The second-order valence-electron chi connectivity index (χ2n) is 3.32. The molecule has 1 saturated heterocycles. The molecule has 0 amide bonds. The van der Waals surface area contributed by atoms with Crippen molar-refractivity contribution in [3.05, 3.63) is 0 Å². The third-order valence-corrected chi connectivity index (χ3v) is 2.19. The molecular formula is C8H17NO5. The zero-order valence-corrected chi connectivity index (χ0v) is 7.87. The lowest BCUT2D eigenvalue weighted by Gasteiger charge is -2.35. The molecule has 1 rings (SSSR count). The molecule has 14 heavy (non-hydrogen) atoms. The zero-order chi connectivity index (χ0) is 10.6. The van der Waals surface area contributed by atoms with Crippen molar-refractivity contribution in [2.45, 2.75) is 24.4 Å². The second kappa shape index (κ2) is 5.59. The van der Waals surface area contributed by atoms with Gasteiger partial charge in [-0.2, -0.15) is 0 Å². The average molecular weight is 207 g/mol. The Morgan fingerprint density at radius 2 is 2.07 bits per heavy atom. The van der Waals surface area contributed by atoms with Crippen LogP contribution in [-0.2, 0) is 9.47 Å². The van der Waals surface area contributed by atoms with Crippen LogP contribution in [0.1, 0.15) is 0 Å². The van der Waals surface area contributed by atoms with Gasteiger partial charge in [0.1, 0.15) is 12.2 Å². The maximum absolute atomic E-state index is 9.51. The number of aliphatic hydroxyl groups excluding tert-OH is 3. The maximum Gasteiger partial charge on any atom is 0.110 e. The van der Waals surface area contributed by atoms with Crippen molar-refractivity contribution >= 4 is 0 Å². The first-order chi connectivity index (χ1) is 6.66. The summed E-state index contributed by atoms with van der Waals surface area (Å²) in [6.45, 7) is 0.455. The fraction of sp³-hybridized carbons (Fsp3) is 1.00. The Hall–Kier alpha value is -0.240. The van der Waals surface area contributed by atoms with E-state index >= 15 is 0 Å². The van der Waals surface area contributed by atoms with Gasteiger partial charge in [-0.15, -0.1) is 0 Å². The van der Waals surface area contributed by atoms with Crippen LogP contribution < -0.4 is 5.73 Å². The van der Waals surface area contributed by atoms with Gasteiger partial charge in [0.05, 0.1) is 38.6 Å². The van der Waals surface area contributed by atoms with Gasteiger partial charge < -0.3 is 30.5 Å². The van der Waals surface area contributed by atoms with Crippen LogP contribution in [0.4, 0.5) is 0 Å². The summed E-state index contributed by atoms with van der Waals surface area (Å²) < 4.78 is 10.2. The molecule has 0 aromatic carbocycles. The van der Waals surface area contributed by atoms with E-state index in [2.05, 4.69) is 0 Å². The molecule has 5 N–H and O–H groups in total. The standard InChI is InChI=1S/C8H17NO5/c9-5-3-14-6(4-13-2-1-10)8(12)7(5)11/h5-8,10-12H,1-4,9H2/t5-,6?,7?,8-/m1/s1. The molecule has 0 saturated carbocycles. The number of aliphatic hydroxyl groups is 3. The summed E-state index contributed by atoms with van der Waals surface area (Å²) in [4.78, 5) is 0. The Kier molecular flexibility index (Phi) is 4.73. The summed E-state index contributed by atoms with van der Waals surface area (Å²) in [5.41, 5.74) is 5.47. The lowest BCUT2D eigenvalue weighted by Crippen LogP contribution is -2.57. The Labute approximate surface area is 82.2 Å². The summed E-state index contributed by atoms with van der Waals surface area (Å²) in [7, 11) is 0. The van der Waals surface area contributed by atoms with Gasteiger partial charge in [-0.05, 0) is 0 Å². The quantitative estimate of drug-likeness (QED) is 0.378. The van der Waals surface area contributed by atoms with Crippen LogP contribution in [-0.4, -0.2) is 66.1 Å². The van der Waals surface area contributed by atoms with E-state index in [0.717, 1.165) is 0 Å². The Morgan fingerprint density at radius 3 is 2.71 bits per heavy atom. The lowest BCUT2D eigenvalue weighted by atomic mass is 9.99. The predicted molar refractivity (Wildman–Crippen MR) is 47.6 cm³/mol. The molecule has 84 valence electrons. The van der Waals surface area contributed by atoms with E-state index in [9.17, 15) is 10.2 Å². The van der Waals surface area contributed by atoms with Crippen molar-refractivity contribution in [2.24, 2.45) is 5.73 Å². The van der Waals surface area contributed by atoms with Gasteiger partial charge in [0, 0.05) is 0 Å². The number of rotatable bonds is 4. The summed E-state index contributed by atoms with van der Waals surface area (Å²) in [6.07, 6.45) is -2.58. The van der Waals surface area contributed by atoms with E-state index in [1.165, 1.54) is 0 Å². The molecule has 1 aliphatic heterocycles.